The highest BCUT2D eigenvalue weighted by Gasteiger charge is 2.24. The van der Waals surface area contributed by atoms with Crippen LogP contribution in [0.3, 0.4) is 0 Å². The number of piperidine rings is 1. The Bertz CT molecular complexity index is 744. The first-order chi connectivity index (χ1) is 14.0. The van der Waals surface area contributed by atoms with Gasteiger partial charge in [-0.2, -0.15) is 0 Å². The highest BCUT2D eigenvalue weighted by atomic mass is 16.5. The third-order valence-corrected chi connectivity index (χ3v) is 5.32. The van der Waals surface area contributed by atoms with Gasteiger partial charge in [0.15, 0.2) is 5.96 Å². The van der Waals surface area contributed by atoms with E-state index in [4.69, 9.17) is 19.2 Å². The van der Waals surface area contributed by atoms with Crippen LogP contribution in [0.1, 0.15) is 37.8 Å². The maximum Gasteiger partial charge on any atom is 0.409 e. The monoisotopic (exact) mass is 404 g/mol. The van der Waals surface area contributed by atoms with Gasteiger partial charge in [0.05, 0.1) is 20.8 Å². The lowest BCUT2D eigenvalue weighted by molar-refractivity contribution is 0.111. The number of carbonyl (C=O) groups excluding carboxylic acids is 1. The highest BCUT2D eigenvalue weighted by molar-refractivity contribution is 5.80. The minimum absolute atomic E-state index is 0.198. The number of likely N-dealkylation sites (tertiary alicyclic amines) is 1. The van der Waals surface area contributed by atoms with Crippen molar-refractivity contribution >= 4 is 12.1 Å². The molecule has 1 amide bonds. The fourth-order valence-corrected chi connectivity index (χ4v) is 3.81. The molecule has 1 aromatic rings. The van der Waals surface area contributed by atoms with Crippen LogP contribution in [0.15, 0.2) is 17.1 Å². The molecule has 8 nitrogen and oxygen atoms in total. The van der Waals surface area contributed by atoms with Gasteiger partial charge in [0.1, 0.15) is 17.6 Å². The van der Waals surface area contributed by atoms with Crippen molar-refractivity contribution in [2.75, 3.05) is 33.9 Å². The van der Waals surface area contributed by atoms with E-state index in [9.17, 15) is 4.79 Å². The summed E-state index contributed by atoms with van der Waals surface area (Å²) in [6.45, 7) is 6.74. The molecule has 0 saturated carbocycles. The van der Waals surface area contributed by atoms with Gasteiger partial charge in [0.2, 0.25) is 0 Å². The molecule has 2 N–H and O–H groups in total. The lowest BCUT2D eigenvalue weighted by Crippen LogP contribution is -2.49. The van der Waals surface area contributed by atoms with Crippen LogP contribution in [-0.2, 0) is 17.7 Å². The van der Waals surface area contributed by atoms with Gasteiger partial charge < -0.3 is 29.7 Å². The van der Waals surface area contributed by atoms with Gasteiger partial charge in [0, 0.05) is 43.2 Å². The van der Waals surface area contributed by atoms with Crippen LogP contribution in [0.2, 0.25) is 0 Å². The topological polar surface area (TPSA) is 84.4 Å². The van der Waals surface area contributed by atoms with E-state index in [1.54, 1.807) is 12.0 Å². The zero-order chi connectivity index (χ0) is 20.8. The van der Waals surface area contributed by atoms with E-state index in [-0.39, 0.29) is 18.2 Å². The number of rotatable bonds is 5. The maximum absolute atomic E-state index is 11.6. The summed E-state index contributed by atoms with van der Waals surface area (Å²) >= 11 is 0. The lowest BCUT2D eigenvalue weighted by atomic mass is 10.1. The third kappa shape index (κ3) is 5.25. The molecular weight excluding hydrogens is 372 g/mol. The average molecular weight is 405 g/mol. The summed E-state index contributed by atoms with van der Waals surface area (Å²) in [5.41, 5.74) is 2.18. The minimum Gasteiger partial charge on any atom is -0.496 e. The van der Waals surface area contributed by atoms with Crippen molar-refractivity contribution < 1.29 is 19.0 Å². The Morgan fingerprint density at radius 2 is 2.07 bits per heavy atom. The van der Waals surface area contributed by atoms with Crippen LogP contribution < -0.4 is 20.1 Å². The molecule has 1 saturated heterocycles. The van der Waals surface area contributed by atoms with Gasteiger partial charge in [-0.25, -0.2) is 9.79 Å². The minimum atomic E-state index is -0.260. The third-order valence-electron chi connectivity index (χ3n) is 5.32. The summed E-state index contributed by atoms with van der Waals surface area (Å²) in [4.78, 5) is 18.1. The van der Waals surface area contributed by atoms with E-state index in [0.29, 0.717) is 19.6 Å². The molecule has 0 aromatic heterocycles. The summed E-state index contributed by atoms with van der Waals surface area (Å²) in [6.07, 6.45) is 2.55. The molecule has 1 fully saturated rings. The molecule has 1 unspecified atom stereocenters. The molecule has 2 heterocycles. The summed E-state index contributed by atoms with van der Waals surface area (Å²) in [5.74, 6) is 2.53. The van der Waals surface area contributed by atoms with E-state index in [0.717, 1.165) is 48.8 Å². The summed E-state index contributed by atoms with van der Waals surface area (Å²) in [5, 5.41) is 6.79. The van der Waals surface area contributed by atoms with Crippen LogP contribution >= 0.6 is 0 Å². The predicted octanol–water partition coefficient (Wildman–Crippen LogP) is 2.30. The largest absolute Gasteiger partial charge is 0.496 e. The maximum atomic E-state index is 11.6. The number of nitrogens with one attached hydrogen (secondary N) is 2. The Kier molecular flexibility index (Phi) is 7.06. The van der Waals surface area contributed by atoms with Crippen LogP contribution in [0.5, 0.6) is 11.5 Å². The van der Waals surface area contributed by atoms with Crippen LogP contribution in [0.4, 0.5) is 4.79 Å². The second kappa shape index (κ2) is 9.71. The summed E-state index contributed by atoms with van der Waals surface area (Å²) in [7, 11) is 3.11. The Hall–Kier alpha value is -2.64. The van der Waals surface area contributed by atoms with Gasteiger partial charge in [-0.3, -0.25) is 0 Å². The van der Waals surface area contributed by atoms with Crippen molar-refractivity contribution in [3.63, 3.8) is 0 Å². The molecule has 160 valence electrons. The van der Waals surface area contributed by atoms with E-state index < -0.39 is 0 Å². The molecule has 0 bridgehead atoms. The Morgan fingerprint density at radius 3 is 2.72 bits per heavy atom. The van der Waals surface area contributed by atoms with E-state index in [1.807, 2.05) is 13.0 Å². The smallest absolute Gasteiger partial charge is 0.409 e. The molecule has 3 rings (SSSR count). The number of nitrogens with zero attached hydrogens (tertiary/aromatic N) is 2. The lowest BCUT2D eigenvalue weighted by Gasteiger charge is -2.32. The van der Waals surface area contributed by atoms with Crippen molar-refractivity contribution in [2.45, 2.75) is 51.8 Å². The Morgan fingerprint density at radius 1 is 1.31 bits per heavy atom. The second-order valence-corrected chi connectivity index (χ2v) is 7.48. The van der Waals surface area contributed by atoms with E-state index >= 15 is 0 Å². The van der Waals surface area contributed by atoms with Crippen molar-refractivity contribution in [1.29, 1.82) is 0 Å². The van der Waals surface area contributed by atoms with Crippen molar-refractivity contribution in [1.82, 2.24) is 15.5 Å². The second-order valence-electron chi connectivity index (χ2n) is 7.48. The molecule has 0 radical (unpaired) electrons. The van der Waals surface area contributed by atoms with Gasteiger partial charge >= 0.3 is 6.09 Å². The first-order valence-electron chi connectivity index (χ1n) is 10.3. The number of hydrogen-bond acceptors (Lipinski definition) is 5. The predicted molar refractivity (Wildman–Crippen MR) is 112 cm³/mol. The van der Waals surface area contributed by atoms with Crippen LogP contribution in [0.25, 0.3) is 0 Å². The number of guanidine groups is 1. The van der Waals surface area contributed by atoms with Gasteiger partial charge in [0.25, 0.3) is 0 Å². The molecule has 0 aliphatic carbocycles. The van der Waals surface area contributed by atoms with Gasteiger partial charge in [-0.05, 0) is 38.8 Å². The quantitative estimate of drug-likeness (QED) is 0.579. The first-order valence-corrected chi connectivity index (χ1v) is 10.3. The number of benzene rings is 1. The number of fused-ring (bicyclic) bond motifs is 1. The van der Waals surface area contributed by atoms with Crippen LogP contribution in [0, 0.1) is 0 Å². The average Bonchev–Trinajstić information content (AvgIpc) is 3.10. The first kappa shape index (κ1) is 21.1. The van der Waals surface area contributed by atoms with Crippen molar-refractivity contribution in [3.05, 3.63) is 23.3 Å². The summed E-state index contributed by atoms with van der Waals surface area (Å²) in [6, 6.07) is 4.37. The molecule has 8 heteroatoms. The van der Waals surface area contributed by atoms with Gasteiger partial charge in [-0.15, -0.1) is 0 Å². The zero-order valence-corrected chi connectivity index (χ0v) is 17.8. The molecule has 2 aliphatic rings. The normalized spacial score (nSPS) is 19.4. The molecule has 1 atom stereocenters. The van der Waals surface area contributed by atoms with Crippen LogP contribution in [-0.4, -0.2) is 63.0 Å². The number of aliphatic imine (C=N–C) groups is 1. The van der Waals surface area contributed by atoms with E-state index in [1.165, 1.54) is 12.7 Å². The Labute approximate surface area is 172 Å². The number of methoxy groups -OCH3 is 2. The number of hydrogen-bond donors (Lipinski definition) is 2. The Balaban J connectivity index is 1.64. The zero-order valence-electron chi connectivity index (χ0n) is 17.8. The van der Waals surface area contributed by atoms with Gasteiger partial charge in [-0.1, -0.05) is 0 Å². The van der Waals surface area contributed by atoms with Crippen molar-refractivity contribution in [2.24, 2.45) is 4.99 Å². The fraction of sp³-hybridized carbons (Fsp3) is 0.619. The number of carbonyl (C=O) groups is 1. The molecule has 1 aromatic carbocycles. The molecule has 2 aliphatic heterocycles. The summed E-state index contributed by atoms with van der Waals surface area (Å²) < 4.78 is 16.3. The molecular formula is C21H32N4O4. The van der Waals surface area contributed by atoms with Crippen molar-refractivity contribution in [3.8, 4) is 11.5 Å². The number of ether oxygens (including phenoxy) is 3. The molecule has 29 heavy (non-hydrogen) atoms. The number of amides is 1. The standard InChI is InChI=1S/C21H32N4O4/c1-5-22-20(24-17-6-8-25(9-7-17)21(26)28-4)23-13-16-12-19-15(10-14(2)29-19)11-18(16)27-3/h11-12,14,17H,5-10,13H2,1-4H3,(H2,22,23,24). The highest BCUT2D eigenvalue weighted by Crippen LogP contribution is 2.35. The SMILES string of the molecule is CCNC(=NCc1cc2c(cc1OC)CC(C)O2)NC1CCN(C(=O)OC)CC1. The molecule has 0 spiro atoms. The fourth-order valence-electron chi connectivity index (χ4n) is 3.81. The van der Waals surface area contributed by atoms with E-state index in [2.05, 4.69) is 23.6 Å².